The van der Waals surface area contributed by atoms with Gasteiger partial charge >= 0.3 is 0 Å². The second-order valence-corrected chi connectivity index (χ2v) is 8.22. The molecule has 2 saturated heterocycles. The van der Waals surface area contributed by atoms with E-state index in [4.69, 9.17) is 4.74 Å². The highest BCUT2D eigenvalue weighted by molar-refractivity contribution is 7.89. The van der Waals surface area contributed by atoms with E-state index in [1.54, 1.807) is 22.1 Å². The highest BCUT2D eigenvalue weighted by Gasteiger charge is 2.34. The summed E-state index contributed by atoms with van der Waals surface area (Å²) in [6.07, 6.45) is 7.06. The number of hydrogen-bond donors (Lipinski definition) is 0. The van der Waals surface area contributed by atoms with Crippen LogP contribution in [0.1, 0.15) is 25.7 Å². The van der Waals surface area contributed by atoms with E-state index in [-0.39, 0.29) is 11.1 Å². The Hall–Kier alpha value is -0.960. The van der Waals surface area contributed by atoms with Crippen molar-refractivity contribution in [2.45, 2.75) is 36.8 Å². The van der Waals surface area contributed by atoms with Crippen molar-refractivity contribution in [3.05, 3.63) is 12.5 Å². The lowest BCUT2D eigenvalue weighted by Crippen LogP contribution is -2.46. The van der Waals surface area contributed by atoms with Crippen molar-refractivity contribution < 1.29 is 13.2 Å². The maximum atomic E-state index is 13.0. The Morgan fingerprint density at radius 2 is 2.00 bits per heavy atom. The molecular weight excluding hydrogens is 316 g/mol. The van der Waals surface area contributed by atoms with E-state index in [2.05, 4.69) is 9.88 Å². The van der Waals surface area contributed by atoms with Gasteiger partial charge in [-0.15, -0.1) is 0 Å². The summed E-state index contributed by atoms with van der Waals surface area (Å²) in [4.78, 5) is 6.42. The first-order chi connectivity index (χ1) is 11.1. The fraction of sp³-hybridized carbons (Fsp3) is 0.800. The first-order valence-corrected chi connectivity index (χ1v) is 9.81. The quantitative estimate of drug-likeness (QED) is 0.761. The molecule has 3 heterocycles. The molecule has 0 spiro atoms. The second-order valence-electron chi connectivity index (χ2n) is 6.39. The zero-order chi connectivity index (χ0) is 16.3. The lowest BCUT2D eigenvalue weighted by Gasteiger charge is -2.33. The number of imidazole rings is 1. The SMILES string of the molecule is Cn1cnc(S(=O)(=O)N(CCN2CCCC2)C2CCOCC2)c1. The first kappa shape index (κ1) is 16.9. The third-order valence-electron chi connectivity index (χ3n) is 4.69. The van der Waals surface area contributed by atoms with Crippen LogP contribution in [0.4, 0.5) is 0 Å². The molecule has 0 bridgehead atoms. The molecule has 0 atom stereocenters. The average Bonchev–Trinajstić information content (AvgIpc) is 3.20. The fourth-order valence-electron chi connectivity index (χ4n) is 3.36. The van der Waals surface area contributed by atoms with Crippen molar-refractivity contribution in [2.75, 3.05) is 39.4 Å². The lowest BCUT2D eigenvalue weighted by molar-refractivity contribution is 0.0567. The fourth-order valence-corrected chi connectivity index (χ4v) is 5.01. The largest absolute Gasteiger partial charge is 0.381 e. The summed E-state index contributed by atoms with van der Waals surface area (Å²) in [5.74, 6) is 0. The smallest absolute Gasteiger partial charge is 0.262 e. The van der Waals surface area contributed by atoms with Gasteiger partial charge in [-0.25, -0.2) is 13.4 Å². The molecule has 0 N–H and O–H groups in total. The Labute approximate surface area is 138 Å². The van der Waals surface area contributed by atoms with Gasteiger partial charge in [0.15, 0.2) is 5.03 Å². The third-order valence-corrected chi connectivity index (χ3v) is 6.53. The van der Waals surface area contributed by atoms with Crippen LogP contribution in [-0.2, 0) is 21.8 Å². The number of likely N-dealkylation sites (tertiary alicyclic amines) is 1. The summed E-state index contributed by atoms with van der Waals surface area (Å²) in [7, 11) is -1.77. The number of aryl methyl sites for hydroxylation is 1. The molecule has 0 aromatic carbocycles. The monoisotopic (exact) mass is 342 g/mol. The summed E-state index contributed by atoms with van der Waals surface area (Å²) < 4.78 is 34.8. The molecule has 0 unspecified atom stereocenters. The van der Waals surface area contributed by atoms with Crippen LogP contribution in [0.15, 0.2) is 17.6 Å². The van der Waals surface area contributed by atoms with Crippen molar-refractivity contribution in [1.29, 1.82) is 0 Å². The van der Waals surface area contributed by atoms with Crippen LogP contribution in [0, 0.1) is 0 Å². The summed E-state index contributed by atoms with van der Waals surface area (Å²) in [6.45, 7) is 4.73. The molecule has 7 nitrogen and oxygen atoms in total. The molecular formula is C15H26N4O3S. The van der Waals surface area contributed by atoms with Crippen LogP contribution < -0.4 is 0 Å². The number of ether oxygens (including phenoxy) is 1. The molecule has 2 aliphatic rings. The van der Waals surface area contributed by atoms with Crippen molar-refractivity contribution in [3.63, 3.8) is 0 Å². The predicted molar refractivity (Wildman–Crippen MR) is 86.6 cm³/mol. The molecule has 1 aromatic heterocycles. The molecule has 23 heavy (non-hydrogen) atoms. The van der Waals surface area contributed by atoms with Crippen molar-refractivity contribution in [2.24, 2.45) is 7.05 Å². The Balaban J connectivity index is 1.77. The molecule has 0 radical (unpaired) electrons. The van der Waals surface area contributed by atoms with Crippen LogP contribution in [0.3, 0.4) is 0 Å². The first-order valence-electron chi connectivity index (χ1n) is 8.37. The number of sulfonamides is 1. The van der Waals surface area contributed by atoms with Crippen molar-refractivity contribution in [1.82, 2.24) is 18.8 Å². The van der Waals surface area contributed by atoms with E-state index < -0.39 is 10.0 Å². The van der Waals surface area contributed by atoms with Crippen LogP contribution in [0.25, 0.3) is 0 Å². The van der Waals surface area contributed by atoms with Gasteiger partial charge < -0.3 is 14.2 Å². The summed E-state index contributed by atoms with van der Waals surface area (Å²) in [6, 6.07) is 0.0124. The van der Waals surface area contributed by atoms with E-state index in [1.807, 2.05) is 0 Å². The minimum atomic E-state index is -3.55. The topological polar surface area (TPSA) is 67.7 Å². The number of rotatable bonds is 6. The highest BCUT2D eigenvalue weighted by Crippen LogP contribution is 2.23. The Morgan fingerprint density at radius 1 is 1.30 bits per heavy atom. The Morgan fingerprint density at radius 3 is 2.61 bits per heavy atom. The molecule has 2 aliphatic heterocycles. The zero-order valence-electron chi connectivity index (χ0n) is 13.7. The maximum Gasteiger partial charge on any atom is 0.262 e. The number of nitrogens with zero attached hydrogens (tertiary/aromatic N) is 4. The standard InChI is InChI=1S/C15H26N4O3S/c1-17-12-15(16-13-17)23(20,21)19(14-4-10-22-11-5-14)9-8-18-6-2-3-7-18/h12-14H,2-11H2,1H3. The molecule has 1 aromatic rings. The summed E-state index contributed by atoms with van der Waals surface area (Å²) in [5, 5.41) is 0.146. The Bertz CT molecular complexity index is 604. The van der Waals surface area contributed by atoms with Crippen LogP contribution >= 0.6 is 0 Å². The van der Waals surface area contributed by atoms with Gasteiger partial charge in [-0.3, -0.25) is 0 Å². The van der Waals surface area contributed by atoms with E-state index in [0.29, 0.717) is 19.8 Å². The van der Waals surface area contributed by atoms with Crippen molar-refractivity contribution in [3.8, 4) is 0 Å². The molecule has 130 valence electrons. The van der Waals surface area contributed by atoms with Crippen LogP contribution in [-0.4, -0.2) is 72.6 Å². The molecule has 0 aliphatic carbocycles. The summed E-state index contributed by atoms with van der Waals surface area (Å²) in [5.41, 5.74) is 0. The van der Waals surface area contributed by atoms with Gasteiger partial charge in [-0.2, -0.15) is 4.31 Å². The maximum absolute atomic E-state index is 13.0. The average molecular weight is 342 g/mol. The molecule has 8 heteroatoms. The molecule has 2 fully saturated rings. The van der Waals surface area contributed by atoms with E-state index in [1.165, 1.54) is 19.2 Å². The molecule has 3 rings (SSSR count). The van der Waals surface area contributed by atoms with Gasteiger partial charge in [0.2, 0.25) is 0 Å². The van der Waals surface area contributed by atoms with Gasteiger partial charge in [0.25, 0.3) is 10.0 Å². The van der Waals surface area contributed by atoms with Gasteiger partial charge in [-0.05, 0) is 38.8 Å². The van der Waals surface area contributed by atoms with Crippen molar-refractivity contribution >= 4 is 10.0 Å². The normalized spacial score (nSPS) is 21.3. The Kier molecular flexibility index (Phi) is 5.35. The number of hydrogen-bond acceptors (Lipinski definition) is 5. The van der Waals surface area contributed by atoms with E-state index in [9.17, 15) is 8.42 Å². The third kappa shape index (κ3) is 3.93. The van der Waals surface area contributed by atoms with Gasteiger partial charge in [0, 0.05) is 45.6 Å². The minimum absolute atomic E-state index is 0.0124. The summed E-state index contributed by atoms with van der Waals surface area (Å²) >= 11 is 0. The van der Waals surface area contributed by atoms with Gasteiger partial charge in [0.05, 0.1) is 6.33 Å². The number of aromatic nitrogens is 2. The van der Waals surface area contributed by atoms with Crippen LogP contribution in [0.2, 0.25) is 0 Å². The van der Waals surface area contributed by atoms with Gasteiger partial charge in [0.1, 0.15) is 0 Å². The second kappa shape index (κ2) is 7.29. The van der Waals surface area contributed by atoms with E-state index >= 15 is 0 Å². The molecule has 0 saturated carbocycles. The highest BCUT2D eigenvalue weighted by atomic mass is 32.2. The predicted octanol–water partition coefficient (Wildman–Crippen LogP) is 0.686. The van der Waals surface area contributed by atoms with Gasteiger partial charge in [-0.1, -0.05) is 0 Å². The molecule has 0 amide bonds. The lowest BCUT2D eigenvalue weighted by atomic mass is 10.1. The van der Waals surface area contributed by atoms with Crippen LogP contribution in [0.5, 0.6) is 0 Å². The minimum Gasteiger partial charge on any atom is -0.381 e. The van der Waals surface area contributed by atoms with E-state index in [0.717, 1.165) is 32.5 Å². The zero-order valence-corrected chi connectivity index (χ0v) is 14.5.